The summed E-state index contributed by atoms with van der Waals surface area (Å²) in [6, 6.07) is 23.9. The normalized spacial score (nSPS) is 10.7. The van der Waals surface area contributed by atoms with E-state index in [2.05, 4.69) is 34.7 Å². The summed E-state index contributed by atoms with van der Waals surface area (Å²) in [5.41, 5.74) is 4.97. The van der Waals surface area contributed by atoms with Gasteiger partial charge in [-0.15, -0.1) is 0 Å². The number of benzene rings is 3. The molecule has 4 rings (SSSR count). The van der Waals surface area contributed by atoms with Crippen LogP contribution in [0.2, 0.25) is 0 Å². The van der Waals surface area contributed by atoms with E-state index in [9.17, 15) is 4.79 Å². The number of anilines is 1. The van der Waals surface area contributed by atoms with Gasteiger partial charge in [0, 0.05) is 5.56 Å². The third-order valence-electron chi connectivity index (χ3n) is 4.97. The van der Waals surface area contributed by atoms with Gasteiger partial charge in [-0.1, -0.05) is 73.2 Å². The second-order valence-corrected chi connectivity index (χ2v) is 8.72. The molecule has 0 aliphatic carbocycles. The smallest absolute Gasteiger partial charge is 0.257 e. The quantitative estimate of drug-likeness (QED) is 0.336. The van der Waals surface area contributed by atoms with Crippen molar-refractivity contribution in [2.24, 2.45) is 0 Å². The summed E-state index contributed by atoms with van der Waals surface area (Å²) in [6.07, 6.45) is 3.43. The van der Waals surface area contributed by atoms with E-state index >= 15 is 0 Å². The Bertz CT molecular complexity index is 1200. The molecule has 1 heterocycles. The topological polar surface area (TPSA) is 54.0 Å². The van der Waals surface area contributed by atoms with Gasteiger partial charge in [-0.3, -0.25) is 10.1 Å². The zero-order valence-corrected chi connectivity index (χ0v) is 18.9. The average Bonchev–Trinajstić information content (AvgIpc) is 3.19. The third kappa shape index (κ3) is 5.34. The third-order valence-corrected chi connectivity index (χ3v) is 6.11. The fraction of sp³-hybridized carbons (Fsp3) is 0.160. The van der Waals surface area contributed by atoms with Gasteiger partial charge in [-0.25, -0.2) is 4.98 Å². The molecule has 4 aromatic rings. The molecule has 6 heteroatoms. The molecular formula is C25H23N3OS2. The van der Waals surface area contributed by atoms with Crippen molar-refractivity contribution in [3.63, 3.8) is 0 Å². The fourth-order valence-electron chi connectivity index (χ4n) is 3.31. The number of nitrogens with one attached hydrogen (secondary N) is 2. The van der Waals surface area contributed by atoms with Crippen molar-refractivity contribution >= 4 is 49.9 Å². The van der Waals surface area contributed by atoms with Gasteiger partial charge in [0.2, 0.25) is 0 Å². The Morgan fingerprint density at radius 2 is 1.74 bits per heavy atom. The number of unbranched alkanes of at least 4 members (excludes halogenated alkanes) is 1. The fourth-order valence-corrected chi connectivity index (χ4v) is 4.50. The van der Waals surface area contributed by atoms with Crippen LogP contribution in [-0.4, -0.2) is 16.0 Å². The summed E-state index contributed by atoms with van der Waals surface area (Å²) >= 11 is 6.86. The van der Waals surface area contributed by atoms with E-state index in [0.717, 1.165) is 27.8 Å². The zero-order chi connectivity index (χ0) is 21.6. The molecule has 4 nitrogen and oxygen atoms in total. The Morgan fingerprint density at radius 3 is 2.48 bits per heavy atom. The first-order valence-electron chi connectivity index (χ1n) is 10.3. The number of aryl methyl sites for hydroxylation is 1. The van der Waals surface area contributed by atoms with Crippen LogP contribution in [0.4, 0.5) is 5.13 Å². The average molecular weight is 446 g/mol. The van der Waals surface area contributed by atoms with Gasteiger partial charge >= 0.3 is 0 Å². The van der Waals surface area contributed by atoms with Crippen LogP contribution in [-0.2, 0) is 6.42 Å². The minimum atomic E-state index is -0.250. The second-order valence-electron chi connectivity index (χ2n) is 7.28. The molecule has 156 valence electrons. The first-order chi connectivity index (χ1) is 15.1. The molecule has 31 heavy (non-hydrogen) atoms. The van der Waals surface area contributed by atoms with Crippen molar-refractivity contribution < 1.29 is 4.79 Å². The molecular weight excluding hydrogens is 422 g/mol. The lowest BCUT2D eigenvalue weighted by Crippen LogP contribution is -2.34. The summed E-state index contributed by atoms with van der Waals surface area (Å²) in [7, 11) is 0. The monoisotopic (exact) mass is 445 g/mol. The van der Waals surface area contributed by atoms with Gasteiger partial charge in [0.25, 0.3) is 5.91 Å². The molecule has 0 radical (unpaired) electrons. The lowest BCUT2D eigenvalue weighted by molar-refractivity contribution is 0.0978. The van der Waals surface area contributed by atoms with Gasteiger partial charge in [0.05, 0.1) is 10.2 Å². The summed E-state index contributed by atoms with van der Waals surface area (Å²) < 4.78 is 1.11. The number of hydrogen-bond donors (Lipinski definition) is 2. The number of thiazole rings is 1. The van der Waals surface area contributed by atoms with Gasteiger partial charge < -0.3 is 5.32 Å². The van der Waals surface area contributed by atoms with E-state index in [-0.39, 0.29) is 11.0 Å². The highest BCUT2D eigenvalue weighted by atomic mass is 32.1. The Balaban J connectivity index is 1.38. The highest BCUT2D eigenvalue weighted by molar-refractivity contribution is 7.80. The maximum atomic E-state index is 12.6. The van der Waals surface area contributed by atoms with Crippen LogP contribution < -0.4 is 10.6 Å². The van der Waals surface area contributed by atoms with Crippen LogP contribution in [0.15, 0.2) is 72.8 Å². The molecule has 2 N–H and O–H groups in total. The summed E-state index contributed by atoms with van der Waals surface area (Å²) in [5.74, 6) is -0.250. The van der Waals surface area contributed by atoms with Crippen molar-refractivity contribution in [1.29, 1.82) is 0 Å². The Hall–Kier alpha value is -3.09. The van der Waals surface area contributed by atoms with Crippen molar-refractivity contribution in [2.75, 3.05) is 5.32 Å². The predicted molar refractivity (Wildman–Crippen MR) is 134 cm³/mol. The van der Waals surface area contributed by atoms with Crippen molar-refractivity contribution in [1.82, 2.24) is 10.3 Å². The minimum Gasteiger partial charge on any atom is -0.308 e. The van der Waals surface area contributed by atoms with Gasteiger partial charge in [0.15, 0.2) is 10.2 Å². The molecule has 0 aliphatic heterocycles. The number of carbonyl (C=O) groups excluding carboxylic acids is 1. The maximum Gasteiger partial charge on any atom is 0.257 e. The minimum absolute atomic E-state index is 0.238. The molecule has 0 aliphatic rings. The van der Waals surface area contributed by atoms with Crippen molar-refractivity contribution in [2.45, 2.75) is 26.2 Å². The zero-order valence-electron chi connectivity index (χ0n) is 17.2. The first kappa shape index (κ1) is 21.2. The van der Waals surface area contributed by atoms with Crippen LogP contribution in [0.25, 0.3) is 21.3 Å². The molecule has 0 unspecified atom stereocenters. The Labute approximate surface area is 191 Å². The van der Waals surface area contributed by atoms with Crippen LogP contribution in [0.3, 0.4) is 0 Å². The molecule has 1 aromatic heterocycles. The van der Waals surface area contributed by atoms with Gasteiger partial charge in [0.1, 0.15) is 0 Å². The molecule has 0 saturated carbocycles. The molecule has 0 bridgehead atoms. The Morgan fingerprint density at radius 1 is 1.00 bits per heavy atom. The van der Waals surface area contributed by atoms with E-state index in [1.807, 2.05) is 48.5 Å². The molecule has 1 amide bonds. The van der Waals surface area contributed by atoms with E-state index < -0.39 is 0 Å². The number of nitrogens with zero attached hydrogens (tertiary/aromatic N) is 1. The number of amides is 1. The number of rotatable bonds is 6. The largest absolute Gasteiger partial charge is 0.308 e. The van der Waals surface area contributed by atoms with Crippen molar-refractivity contribution in [3.05, 3.63) is 83.9 Å². The number of hydrogen-bond acceptors (Lipinski definition) is 4. The lowest BCUT2D eigenvalue weighted by atomic mass is 10.0. The summed E-state index contributed by atoms with van der Waals surface area (Å²) in [6.45, 7) is 2.19. The highest BCUT2D eigenvalue weighted by Crippen LogP contribution is 2.27. The van der Waals surface area contributed by atoms with Crippen LogP contribution in [0.5, 0.6) is 0 Å². The van der Waals surface area contributed by atoms with Crippen molar-refractivity contribution in [3.8, 4) is 11.1 Å². The maximum absolute atomic E-state index is 12.6. The Kier molecular flexibility index (Phi) is 6.70. The van der Waals surface area contributed by atoms with Gasteiger partial charge in [-0.05, 0) is 66.0 Å². The molecule has 0 spiro atoms. The standard InChI is InChI=1S/C25H23N3OS2/c1-2-3-7-17-10-15-21-22(16-17)31-25(26-21)28-24(30)27-23(29)20-13-11-19(12-14-20)18-8-5-4-6-9-18/h4-6,8-16H,2-3,7H2,1H3,(H2,26,27,28,29,30). The van der Waals surface area contributed by atoms with E-state index in [1.165, 1.54) is 29.7 Å². The van der Waals surface area contributed by atoms with Crippen LogP contribution >= 0.6 is 23.6 Å². The molecule has 0 fully saturated rings. The predicted octanol–water partition coefficient (Wildman–Crippen LogP) is 6.43. The number of carbonyl (C=O) groups is 1. The molecule has 3 aromatic carbocycles. The second kappa shape index (κ2) is 9.81. The molecule has 0 saturated heterocycles. The van der Waals surface area contributed by atoms with E-state index in [4.69, 9.17) is 12.2 Å². The number of fused-ring (bicyclic) bond motifs is 1. The van der Waals surface area contributed by atoms with Crippen LogP contribution in [0, 0.1) is 0 Å². The lowest BCUT2D eigenvalue weighted by Gasteiger charge is -2.08. The number of thiocarbonyl (C=S) groups is 1. The molecule has 0 atom stereocenters. The first-order valence-corrected chi connectivity index (χ1v) is 11.5. The number of aromatic nitrogens is 1. The highest BCUT2D eigenvalue weighted by Gasteiger charge is 2.11. The van der Waals surface area contributed by atoms with Crippen LogP contribution in [0.1, 0.15) is 35.7 Å². The summed E-state index contributed by atoms with van der Waals surface area (Å²) in [5, 5.41) is 6.69. The summed E-state index contributed by atoms with van der Waals surface area (Å²) in [4.78, 5) is 17.1. The van der Waals surface area contributed by atoms with E-state index in [1.54, 1.807) is 12.1 Å². The van der Waals surface area contributed by atoms with E-state index in [0.29, 0.717) is 10.7 Å². The van der Waals surface area contributed by atoms with Gasteiger partial charge in [-0.2, -0.15) is 0 Å². The SMILES string of the molecule is CCCCc1ccc2nc(NC(=S)NC(=O)c3ccc(-c4ccccc4)cc3)sc2c1.